The summed E-state index contributed by atoms with van der Waals surface area (Å²) in [5.74, 6) is 0. The van der Waals surface area contributed by atoms with Crippen LogP contribution in [0.4, 0.5) is 4.79 Å². The Morgan fingerprint density at radius 3 is 2.10 bits per heavy atom. The van der Waals surface area contributed by atoms with Gasteiger partial charge in [0.05, 0.1) is 6.04 Å². The van der Waals surface area contributed by atoms with Crippen molar-refractivity contribution in [2.24, 2.45) is 0 Å². The van der Waals surface area contributed by atoms with Gasteiger partial charge in [0.15, 0.2) is 8.24 Å². The number of aromatic nitrogens is 1. The van der Waals surface area contributed by atoms with Gasteiger partial charge < -0.3 is 14.3 Å². The number of hydrogen-bond donors (Lipinski definition) is 1. The van der Waals surface area contributed by atoms with Crippen LogP contribution in [0.1, 0.15) is 58.7 Å². The van der Waals surface area contributed by atoms with Crippen molar-refractivity contribution in [3.63, 3.8) is 0 Å². The van der Waals surface area contributed by atoms with Crippen LogP contribution >= 0.6 is 0 Å². The molecule has 0 saturated heterocycles. The Kier molecular flexibility index (Phi) is 6.11. The molecule has 3 aromatic rings. The zero-order valence-corrected chi connectivity index (χ0v) is 21.1. The highest BCUT2D eigenvalue weighted by atomic mass is 28.3. The minimum atomic E-state index is -1.88. The molecule has 1 amide bonds. The number of benzene rings is 2. The molecule has 0 aliphatic heterocycles. The number of para-hydroxylation sites is 1. The van der Waals surface area contributed by atoms with Crippen LogP contribution in [0.25, 0.3) is 10.9 Å². The van der Waals surface area contributed by atoms with Crippen molar-refractivity contribution in [2.75, 3.05) is 0 Å². The molecular formula is C26H36N2O2Si. The second-order valence-electron chi connectivity index (χ2n) is 10.8. The van der Waals surface area contributed by atoms with Crippen LogP contribution in [0.5, 0.6) is 0 Å². The lowest BCUT2D eigenvalue weighted by molar-refractivity contribution is 0.0512. The Labute approximate surface area is 187 Å². The summed E-state index contributed by atoms with van der Waals surface area (Å²) >= 11 is 0. The molecule has 4 nitrogen and oxygen atoms in total. The van der Waals surface area contributed by atoms with Crippen LogP contribution in [-0.2, 0) is 4.74 Å². The van der Waals surface area contributed by atoms with Crippen molar-refractivity contribution in [2.45, 2.75) is 71.3 Å². The fourth-order valence-electron chi connectivity index (χ4n) is 3.67. The van der Waals surface area contributed by atoms with Crippen molar-refractivity contribution in [1.29, 1.82) is 0 Å². The Balaban J connectivity index is 2.18. The quantitative estimate of drug-likeness (QED) is 0.443. The van der Waals surface area contributed by atoms with Crippen LogP contribution < -0.4 is 5.32 Å². The normalized spacial score (nSPS) is 13.8. The SMILES string of the molecule is CC(C)(C)OC(=O)N[C@H](c1ccccc1)c1cn([Si](C)(C)C(C)(C)C)c2ccccc12. The highest BCUT2D eigenvalue weighted by Crippen LogP contribution is 2.41. The summed E-state index contributed by atoms with van der Waals surface area (Å²) in [4.78, 5) is 12.8. The van der Waals surface area contributed by atoms with E-state index in [1.807, 2.05) is 39.0 Å². The summed E-state index contributed by atoms with van der Waals surface area (Å²) in [6.07, 6.45) is 1.85. The number of fused-ring (bicyclic) bond motifs is 1. The first-order valence-corrected chi connectivity index (χ1v) is 13.9. The first-order valence-electron chi connectivity index (χ1n) is 11.0. The van der Waals surface area contributed by atoms with E-state index in [1.165, 1.54) is 5.52 Å². The molecule has 2 aromatic carbocycles. The average Bonchev–Trinajstić information content (AvgIpc) is 3.05. The Hall–Kier alpha value is -2.53. The molecule has 1 heterocycles. The monoisotopic (exact) mass is 436 g/mol. The highest BCUT2D eigenvalue weighted by Gasteiger charge is 2.39. The number of nitrogens with one attached hydrogen (secondary N) is 1. The molecule has 1 N–H and O–H groups in total. The van der Waals surface area contributed by atoms with Gasteiger partial charge in [-0.05, 0) is 37.4 Å². The van der Waals surface area contributed by atoms with E-state index in [-0.39, 0.29) is 11.1 Å². The number of carbonyl (C=O) groups is 1. The van der Waals surface area contributed by atoms with Crippen molar-refractivity contribution >= 4 is 25.2 Å². The molecule has 0 spiro atoms. The van der Waals surface area contributed by atoms with E-state index < -0.39 is 19.9 Å². The van der Waals surface area contributed by atoms with E-state index >= 15 is 0 Å². The molecule has 166 valence electrons. The molecule has 5 heteroatoms. The van der Waals surface area contributed by atoms with Crippen LogP contribution in [0.3, 0.4) is 0 Å². The van der Waals surface area contributed by atoms with Crippen molar-refractivity contribution in [1.82, 2.24) is 9.55 Å². The number of carbonyl (C=O) groups excluding carboxylic acids is 1. The van der Waals surface area contributed by atoms with Gasteiger partial charge in [-0.15, -0.1) is 0 Å². The topological polar surface area (TPSA) is 43.3 Å². The first-order chi connectivity index (χ1) is 14.3. The van der Waals surface area contributed by atoms with Crippen molar-refractivity contribution < 1.29 is 9.53 Å². The zero-order valence-electron chi connectivity index (χ0n) is 20.1. The van der Waals surface area contributed by atoms with E-state index in [0.717, 1.165) is 16.5 Å². The third-order valence-electron chi connectivity index (χ3n) is 6.29. The fourth-order valence-corrected chi connectivity index (χ4v) is 5.65. The molecule has 0 fully saturated rings. The van der Waals surface area contributed by atoms with Crippen LogP contribution in [0, 0.1) is 0 Å². The summed E-state index contributed by atoms with van der Waals surface area (Å²) in [6.45, 7) is 17.4. The number of ether oxygens (including phenoxy) is 1. The van der Waals surface area contributed by atoms with Gasteiger partial charge in [-0.2, -0.15) is 0 Å². The van der Waals surface area contributed by atoms with E-state index in [9.17, 15) is 4.79 Å². The van der Waals surface area contributed by atoms with Crippen molar-refractivity contribution in [3.8, 4) is 0 Å². The summed E-state index contributed by atoms with van der Waals surface area (Å²) in [5.41, 5.74) is 2.79. The summed E-state index contributed by atoms with van der Waals surface area (Å²) in [5, 5.41) is 4.48. The Bertz CT molecular complexity index is 1060. The lowest BCUT2D eigenvalue weighted by Crippen LogP contribution is -2.45. The van der Waals surface area contributed by atoms with Crippen molar-refractivity contribution in [3.05, 3.63) is 71.9 Å². The third-order valence-corrected chi connectivity index (χ3v) is 11.5. The second-order valence-corrected chi connectivity index (χ2v) is 15.9. The smallest absolute Gasteiger partial charge is 0.408 e. The Morgan fingerprint density at radius 1 is 0.935 bits per heavy atom. The van der Waals surface area contributed by atoms with Crippen LogP contribution in [0.2, 0.25) is 18.1 Å². The molecule has 31 heavy (non-hydrogen) atoms. The Morgan fingerprint density at radius 2 is 1.52 bits per heavy atom. The number of alkyl carbamates (subject to hydrolysis) is 1. The van der Waals surface area contributed by atoms with Gasteiger partial charge in [-0.3, -0.25) is 0 Å². The molecule has 0 aliphatic rings. The van der Waals surface area contributed by atoms with Gasteiger partial charge in [-0.1, -0.05) is 82.4 Å². The molecule has 3 rings (SSSR count). The maximum atomic E-state index is 12.8. The van der Waals surface area contributed by atoms with E-state index in [4.69, 9.17) is 4.74 Å². The van der Waals surface area contributed by atoms with Gasteiger partial charge in [0, 0.05) is 22.7 Å². The fraction of sp³-hybridized carbons (Fsp3) is 0.423. The summed E-state index contributed by atoms with van der Waals surface area (Å²) in [6, 6.07) is 18.3. The maximum absolute atomic E-state index is 12.8. The molecule has 0 aliphatic carbocycles. The average molecular weight is 437 g/mol. The minimum absolute atomic E-state index is 0.174. The van der Waals surface area contributed by atoms with Gasteiger partial charge in [-0.25, -0.2) is 4.79 Å². The largest absolute Gasteiger partial charge is 0.444 e. The standard InChI is InChI=1S/C26H36N2O2Si/c1-25(2,3)30-24(29)27-23(19-14-10-9-11-15-19)21-18-28(31(7,8)26(4,5)6)22-17-13-12-16-20(21)22/h9-18,23H,1-8H3,(H,27,29)/t23-/m1/s1. The van der Waals surface area contributed by atoms with Gasteiger partial charge in [0.1, 0.15) is 5.60 Å². The van der Waals surface area contributed by atoms with E-state index in [2.05, 4.69) is 86.0 Å². The number of amides is 1. The predicted molar refractivity (Wildman–Crippen MR) is 132 cm³/mol. The minimum Gasteiger partial charge on any atom is -0.444 e. The molecule has 0 unspecified atom stereocenters. The molecular weight excluding hydrogens is 400 g/mol. The lowest BCUT2D eigenvalue weighted by Gasteiger charge is -2.38. The van der Waals surface area contributed by atoms with Gasteiger partial charge in [0.25, 0.3) is 0 Å². The second kappa shape index (κ2) is 8.19. The number of nitrogens with zero attached hydrogens (tertiary/aromatic N) is 1. The number of hydrogen-bond acceptors (Lipinski definition) is 2. The predicted octanol–water partition coefficient (Wildman–Crippen LogP) is 7.11. The molecule has 1 aromatic heterocycles. The molecule has 0 saturated carbocycles. The van der Waals surface area contributed by atoms with Gasteiger partial charge >= 0.3 is 6.09 Å². The first kappa shape index (κ1) is 23.1. The molecule has 1 atom stereocenters. The van der Waals surface area contributed by atoms with E-state index in [0.29, 0.717) is 0 Å². The lowest BCUT2D eigenvalue weighted by atomic mass is 9.98. The number of rotatable bonds is 4. The summed E-state index contributed by atoms with van der Waals surface area (Å²) < 4.78 is 8.09. The molecule has 0 radical (unpaired) electrons. The maximum Gasteiger partial charge on any atom is 0.408 e. The third kappa shape index (κ3) is 4.87. The van der Waals surface area contributed by atoms with E-state index in [1.54, 1.807) is 0 Å². The van der Waals surface area contributed by atoms with Gasteiger partial charge in [0.2, 0.25) is 0 Å². The zero-order chi connectivity index (χ0) is 23.0. The summed E-state index contributed by atoms with van der Waals surface area (Å²) in [7, 11) is -1.88. The van der Waals surface area contributed by atoms with Crippen LogP contribution in [0.15, 0.2) is 60.8 Å². The van der Waals surface area contributed by atoms with Crippen LogP contribution in [-0.4, -0.2) is 24.2 Å². The highest BCUT2D eigenvalue weighted by molar-refractivity contribution is 6.79. The molecule has 0 bridgehead atoms.